The highest BCUT2D eigenvalue weighted by Gasteiger charge is 2.22. The van der Waals surface area contributed by atoms with Crippen molar-refractivity contribution in [3.05, 3.63) is 0 Å². The van der Waals surface area contributed by atoms with Gasteiger partial charge in [-0.1, -0.05) is 0 Å². The normalized spacial score (nSPS) is 21.6. The molecule has 0 saturated carbocycles. The van der Waals surface area contributed by atoms with Crippen molar-refractivity contribution < 1.29 is 10.0 Å². The van der Waals surface area contributed by atoms with Crippen LogP contribution in [0.4, 0.5) is 0 Å². The molecule has 2 N–H and O–H groups in total. The van der Waals surface area contributed by atoms with Crippen molar-refractivity contribution in [3.8, 4) is 0 Å². The molecule has 0 aromatic heterocycles. The van der Waals surface area contributed by atoms with Crippen LogP contribution < -0.4 is 5.48 Å². The maximum Gasteiger partial charge on any atom is 0.246 e. The van der Waals surface area contributed by atoms with Crippen LogP contribution in [0, 0.1) is 5.92 Å². The lowest BCUT2D eigenvalue weighted by atomic mass is 9.97. The highest BCUT2D eigenvalue weighted by Crippen LogP contribution is 2.15. The third kappa shape index (κ3) is 2.17. The molecule has 1 aliphatic heterocycles. The molecule has 0 aliphatic carbocycles. The molecule has 0 spiro atoms. The van der Waals surface area contributed by atoms with Crippen LogP contribution in [0.25, 0.3) is 0 Å². The highest BCUT2D eigenvalue weighted by molar-refractivity contribution is 5.77. The van der Waals surface area contributed by atoms with E-state index in [1.807, 2.05) is 7.05 Å². The van der Waals surface area contributed by atoms with E-state index in [2.05, 4.69) is 4.90 Å². The van der Waals surface area contributed by atoms with E-state index in [0.29, 0.717) is 0 Å². The molecule has 1 rings (SSSR count). The third-order valence-electron chi connectivity index (χ3n) is 2.20. The molecule has 0 bridgehead atoms. The van der Waals surface area contributed by atoms with Crippen molar-refractivity contribution in [1.29, 1.82) is 0 Å². The number of hydroxylamine groups is 1. The highest BCUT2D eigenvalue weighted by atomic mass is 16.5. The number of carbonyl (C=O) groups excluding carboxylic acids is 1. The molecule has 64 valence electrons. The molecule has 1 saturated heterocycles. The Hall–Kier alpha value is -0.610. The Kier molecular flexibility index (Phi) is 2.84. The van der Waals surface area contributed by atoms with Crippen molar-refractivity contribution in [2.75, 3.05) is 20.1 Å². The van der Waals surface area contributed by atoms with Gasteiger partial charge in [0.05, 0.1) is 0 Å². The Morgan fingerprint density at radius 3 is 2.55 bits per heavy atom. The van der Waals surface area contributed by atoms with Crippen LogP contribution >= 0.6 is 0 Å². The number of hydrogen-bond donors (Lipinski definition) is 2. The quantitative estimate of drug-likeness (QED) is 0.411. The Bertz CT molecular complexity index is 141. The lowest BCUT2D eigenvalue weighted by Crippen LogP contribution is -2.37. The van der Waals surface area contributed by atoms with Gasteiger partial charge in [0.1, 0.15) is 0 Å². The van der Waals surface area contributed by atoms with Gasteiger partial charge in [0.2, 0.25) is 5.91 Å². The predicted octanol–water partition coefficient (Wildman–Crippen LogP) is -0.166. The Morgan fingerprint density at radius 2 is 2.09 bits per heavy atom. The second-order valence-electron chi connectivity index (χ2n) is 3.05. The zero-order valence-electron chi connectivity index (χ0n) is 6.71. The van der Waals surface area contributed by atoms with Gasteiger partial charge in [-0.2, -0.15) is 0 Å². The van der Waals surface area contributed by atoms with E-state index in [1.54, 1.807) is 5.48 Å². The predicted molar refractivity (Wildman–Crippen MR) is 40.2 cm³/mol. The summed E-state index contributed by atoms with van der Waals surface area (Å²) in [4.78, 5) is 13.1. The van der Waals surface area contributed by atoms with Gasteiger partial charge in [-0.3, -0.25) is 10.0 Å². The topological polar surface area (TPSA) is 52.6 Å². The fourth-order valence-electron chi connectivity index (χ4n) is 1.36. The monoisotopic (exact) mass is 158 g/mol. The average Bonchev–Trinajstić information content (AvgIpc) is 2.05. The number of hydrogen-bond acceptors (Lipinski definition) is 3. The fourth-order valence-corrected chi connectivity index (χ4v) is 1.36. The molecule has 0 aromatic carbocycles. The van der Waals surface area contributed by atoms with Gasteiger partial charge >= 0.3 is 0 Å². The first-order chi connectivity index (χ1) is 5.24. The van der Waals surface area contributed by atoms with Crippen LogP contribution in [0.3, 0.4) is 0 Å². The number of nitrogens with zero attached hydrogens (tertiary/aromatic N) is 1. The van der Waals surface area contributed by atoms with Crippen molar-refractivity contribution in [3.63, 3.8) is 0 Å². The SMILES string of the molecule is CN1CCC(C(=O)NO)CC1. The lowest BCUT2D eigenvalue weighted by molar-refractivity contribution is -0.134. The summed E-state index contributed by atoms with van der Waals surface area (Å²) in [6.45, 7) is 1.89. The number of amides is 1. The minimum Gasteiger partial charge on any atom is -0.306 e. The van der Waals surface area contributed by atoms with Crippen LogP contribution in [0.1, 0.15) is 12.8 Å². The maximum absolute atomic E-state index is 10.9. The van der Waals surface area contributed by atoms with E-state index < -0.39 is 0 Å². The van der Waals surface area contributed by atoms with E-state index in [4.69, 9.17) is 5.21 Å². The van der Waals surface area contributed by atoms with Crippen molar-refractivity contribution in [2.45, 2.75) is 12.8 Å². The summed E-state index contributed by atoms with van der Waals surface area (Å²) in [5, 5.41) is 8.34. The van der Waals surface area contributed by atoms with Crippen LogP contribution in [0.5, 0.6) is 0 Å². The molecule has 1 aliphatic rings. The van der Waals surface area contributed by atoms with Crippen molar-refractivity contribution >= 4 is 5.91 Å². The molecule has 4 heteroatoms. The minimum absolute atomic E-state index is 0.0104. The summed E-state index contributed by atoms with van der Waals surface area (Å²) >= 11 is 0. The third-order valence-corrected chi connectivity index (χ3v) is 2.20. The van der Waals surface area contributed by atoms with Gasteiger partial charge in [0, 0.05) is 5.92 Å². The Balaban J connectivity index is 2.33. The minimum atomic E-state index is -0.238. The van der Waals surface area contributed by atoms with Crippen LogP contribution in [0.15, 0.2) is 0 Å². The van der Waals surface area contributed by atoms with Gasteiger partial charge in [0.15, 0.2) is 0 Å². The van der Waals surface area contributed by atoms with E-state index in [1.165, 1.54) is 0 Å². The van der Waals surface area contributed by atoms with E-state index >= 15 is 0 Å². The Morgan fingerprint density at radius 1 is 1.55 bits per heavy atom. The van der Waals surface area contributed by atoms with Gasteiger partial charge in [-0.25, -0.2) is 5.48 Å². The standard InChI is InChI=1S/C7H14N2O2/c1-9-4-2-6(3-5-9)7(10)8-11/h6,11H,2-5H2,1H3,(H,8,10). The fraction of sp³-hybridized carbons (Fsp3) is 0.857. The second-order valence-corrected chi connectivity index (χ2v) is 3.05. The van der Waals surface area contributed by atoms with Crippen molar-refractivity contribution in [1.82, 2.24) is 10.4 Å². The average molecular weight is 158 g/mol. The molecule has 1 fully saturated rings. The largest absolute Gasteiger partial charge is 0.306 e. The first-order valence-electron chi connectivity index (χ1n) is 3.86. The molecule has 0 unspecified atom stereocenters. The molecule has 11 heavy (non-hydrogen) atoms. The van der Waals surface area contributed by atoms with Gasteiger partial charge < -0.3 is 4.90 Å². The molecule has 1 amide bonds. The summed E-state index contributed by atoms with van der Waals surface area (Å²) < 4.78 is 0. The lowest BCUT2D eigenvalue weighted by Gasteiger charge is -2.27. The summed E-state index contributed by atoms with van der Waals surface area (Å²) in [6, 6.07) is 0. The number of nitrogens with one attached hydrogen (secondary N) is 1. The molecule has 0 aromatic rings. The number of rotatable bonds is 1. The number of likely N-dealkylation sites (tertiary alicyclic amines) is 1. The molecule has 0 atom stereocenters. The van der Waals surface area contributed by atoms with E-state index in [-0.39, 0.29) is 11.8 Å². The van der Waals surface area contributed by atoms with Crippen molar-refractivity contribution in [2.24, 2.45) is 5.92 Å². The number of piperidine rings is 1. The summed E-state index contributed by atoms with van der Waals surface area (Å²) in [5.74, 6) is -0.228. The zero-order valence-corrected chi connectivity index (χ0v) is 6.71. The molecular formula is C7H14N2O2. The van der Waals surface area contributed by atoms with Gasteiger partial charge in [-0.15, -0.1) is 0 Å². The van der Waals surface area contributed by atoms with E-state index in [0.717, 1.165) is 25.9 Å². The first-order valence-corrected chi connectivity index (χ1v) is 3.86. The number of carbonyl (C=O) groups is 1. The van der Waals surface area contributed by atoms with Crippen LogP contribution in [0.2, 0.25) is 0 Å². The molecular weight excluding hydrogens is 144 g/mol. The summed E-state index contributed by atoms with van der Waals surface area (Å²) in [5.41, 5.74) is 1.69. The van der Waals surface area contributed by atoms with Crippen LogP contribution in [-0.4, -0.2) is 36.2 Å². The maximum atomic E-state index is 10.9. The summed E-state index contributed by atoms with van der Waals surface area (Å²) in [6.07, 6.45) is 1.70. The second kappa shape index (κ2) is 3.69. The summed E-state index contributed by atoms with van der Waals surface area (Å²) in [7, 11) is 2.03. The van der Waals surface area contributed by atoms with Gasteiger partial charge in [-0.05, 0) is 33.0 Å². The Labute approximate surface area is 66.1 Å². The smallest absolute Gasteiger partial charge is 0.246 e. The molecule has 4 nitrogen and oxygen atoms in total. The first kappa shape index (κ1) is 8.49. The van der Waals surface area contributed by atoms with Crippen LogP contribution in [-0.2, 0) is 4.79 Å². The molecule has 1 heterocycles. The van der Waals surface area contributed by atoms with Gasteiger partial charge in [0.25, 0.3) is 0 Å². The zero-order chi connectivity index (χ0) is 8.27. The molecule has 0 radical (unpaired) electrons. The van der Waals surface area contributed by atoms with E-state index in [9.17, 15) is 4.79 Å².